The number of pyridine rings is 1. The quantitative estimate of drug-likeness (QED) is 0.584. The van der Waals surface area contributed by atoms with E-state index in [0.29, 0.717) is 17.0 Å². The molecule has 0 bridgehead atoms. The number of halogens is 3. The van der Waals surface area contributed by atoms with Crippen molar-refractivity contribution in [2.24, 2.45) is 0 Å². The molecule has 0 fully saturated rings. The van der Waals surface area contributed by atoms with Gasteiger partial charge in [-0.2, -0.15) is 13.2 Å². The number of aryl methyl sites for hydroxylation is 2. The summed E-state index contributed by atoms with van der Waals surface area (Å²) in [4.78, 5) is 8.74. The lowest BCUT2D eigenvalue weighted by Gasteiger charge is -2.19. The van der Waals surface area contributed by atoms with Crippen LogP contribution >= 0.6 is 0 Å². The Morgan fingerprint density at radius 1 is 0.970 bits per heavy atom. The summed E-state index contributed by atoms with van der Waals surface area (Å²) in [6.45, 7) is 7.31. The Morgan fingerprint density at radius 3 is 2.36 bits per heavy atom. The van der Waals surface area contributed by atoms with Crippen LogP contribution in [0.2, 0.25) is 0 Å². The van der Waals surface area contributed by atoms with Gasteiger partial charge in [0.25, 0.3) is 0 Å². The molecule has 2 aromatic heterocycles. The fourth-order valence-corrected chi connectivity index (χ4v) is 3.73. The van der Waals surface area contributed by atoms with E-state index in [4.69, 9.17) is 0 Å². The molecule has 1 aliphatic heterocycles. The number of nitrogens with zero attached hydrogens (tertiary/aromatic N) is 4. The Bertz CT molecular complexity index is 1160. The standard InChI is InChI=1S/C24H27F3N6/c1-23(2,3)18-7-5-16(6-8-18)10-12-33-14-20(29-15-33)19-13-17(9-11-28-19)21-22(24(25,26)27)30-31-32(21)4/h5-9,11,13-15,30-31H,10,12H2,1-4H3. The van der Waals surface area contributed by atoms with E-state index >= 15 is 0 Å². The van der Waals surface area contributed by atoms with Crippen molar-refractivity contribution in [2.45, 2.75) is 45.3 Å². The summed E-state index contributed by atoms with van der Waals surface area (Å²) >= 11 is 0. The Morgan fingerprint density at radius 2 is 1.70 bits per heavy atom. The van der Waals surface area contributed by atoms with Crippen LogP contribution in [0.3, 0.4) is 0 Å². The van der Waals surface area contributed by atoms with E-state index in [1.165, 1.54) is 29.4 Å². The average Bonchev–Trinajstić information content (AvgIpc) is 3.38. The Balaban J connectivity index is 1.50. The second kappa shape index (κ2) is 8.55. The van der Waals surface area contributed by atoms with E-state index in [9.17, 15) is 13.2 Å². The number of hydrogen-bond donors (Lipinski definition) is 2. The zero-order valence-electron chi connectivity index (χ0n) is 19.0. The molecule has 0 radical (unpaired) electrons. The van der Waals surface area contributed by atoms with Gasteiger partial charge in [0.15, 0.2) is 5.70 Å². The maximum atomic E-state index is 13.4. The van der Waals surface area contributed by atoms with Crippen LogP contribution in [0, 0.1) is 0 Å². The lowest BCUT2D eigenvalue weighted by atomic mass is 9.86. The molecule has 0 amide bonds. The lowest BCUT2D eigenvalue weighted by Crippen LogP contribution is -2.36. The molecular formula is C24H27F3N6. The number of alkyl halides is 3. The molecule has 0 saturated heterocycles. The minimum atomic E-state index is -4.51. The maximum Gasteiger partial charge on any atom is 0.434 e. The minimum Gasteiger partial charge on any atom is -0.336 e. The predicted octanol–water partition coefficient (Wildman–Crippen LogP) is 4.67. The summed E-state index contributed by atoms with van der Waals surface area (Å²) in [5.74, 6) is 0. The smallest absolute Gasteiger partial charge is 0.336 e. The van der Waals surface area contributed by atoms with E-state index in [2.05, 4.69) is 66.0 Å². The van der Waals surface area contributed by atoms with E-state index in [0.717, 1.165) is 13.0 Å². The van der Waals surface area contributed by atoms with Crippen molar-refractivity contribution in [3.63, 3.8) is 0 Å². The van der Waals surface area contributed by atoms with Gasteiger partial charge in [-0.3, -0.25) is 15.4 Å². The highest BCUT2D eigenvalue weighted by atomic mass is 19.4. The summed E-state index contributed by atoms with van der Waals surface area (Å²) in [5.41, 5.74) is 7.99. The first kappa shape index (κ1) is 22.8. The molecule has 33 heavy (non-hydrogen) atoms. The minimum absolute atomic E-state index is 0.00397. The van der Waals surface area contributed by atoms with Gasteiger partial charge in [0.1, 0.15) is 5.69 Å². The molecule has 0 saturated carbocycles. The van der Waals surface area contributed by atoms with Crippen LogP contribution in [0.15, 0.2) is 60.8 Å². The molecule has 3 aromatic rings. The molecular weight excluding hydrogens is 429 g/mol. The highest BCUT2D eigenvalue weighted by Crippen LogP contribution is 2.34. The van der Waals surface area contributed by atoms with Crippen molar-refractivity contribution in [1.82, 2.24) is 30.5 Å². The number of imidazole rings is 1. The summed E-state index contributed by atoms with van der Waals surface area (Å²) in [7, 11) is 1.52. The first-order valence-electron chi connectivity index (χ1n) is 10.7. The van der Waals surface area contributed by atoms with Crippen LogP contribution in [-0.2, 0) is 18.4 Å². The van der Waals surface area contributed by atoms with Gasteiger partial charge in [-0.05, 0) is 35.1 Å². The van der Waals surface area contributed by atoms with Crippen molar-refractivity contribution < 1.29 is 13.2 Å². The highest BCUT2D eigenvalue weighted by molar-refractivity contribution is 5.71. The Kier molecular flexibility index (Phi) is 5.92. The Hall–Kier alpha value is -3.33. The van der Waals surface area contributed by atoms with Crippen molar-refractivity contribution in [2.75, 3.05) is 7.05 Å². The van der Waals surface area contributed by atoms with Crippen molar-refractivity contribution in [1.29, 1.82) is 0 Å². The second-order valence-corrected chi connectivity index (χ2v) is 9.14. The van der Waals surface area contributed by atoms with Crippen LogP contribution in [0.25, 0.3) is 17.1 Å². The van der Waals surface area contributed by atoms with Crippen LogP contribution < -0.4 is 11.0 Å². The molecule has 9 heteroatoms. The molecule has 4 rings (SSSR count). The predicted molar refractivity (Wildman–Crippen MR) is 121 cm³/mol. The van der Waals surface area contributed by atoms with Gasteiger partial charge in [-0.25, -0.2) is 4.98 Å². The zero-order chi connectivity index (χ0) is 23.8. The van der Waals surface area contributed by atoms with E-state index in [1.54, 1.807) is 18.5 Å². The van der Waals surface area contributed by atoms with Crippen molar-refractivity contribution >= 4 is 5.70 Å². The summed E-state index contributed by atoms with van der Waals surface area (Å²) < 4.78 is 42.1. The highest BCUT2D eigenvalue weighted by Gasteiger charge is 2.41. The van der Waals surface area contributed by atoms with Gasteiger partial charge in [0.05, 0.1) is 17.7 Å². The third kappa shape index (κ3) is 5.03. The lowest BCUT2D eigenvalue weighted by molar-refractivity contribution is -0.0960. The fourth-order valence-electron chi connectivity index (χ4n) is 3.73. The van der Waals surface area contributed by atoms with E-state index in [1.807, 2.05) is 10.8 Å². The van der Waals surface area contributed by atoms with Crippen molar-refractivity contribution in [3.05, 3.63) is 77.5 Å². The van der Waals surface area contributed by atoms with Gasteiger partial charge in [0.2, 0.25) is 0 Å². The van der Waals surface area contributed by atoms with Gasteiger partial charge in [0, 0.05) is 31.5 Å². The molecule has 2 N–H and O–H groups in total. The first-order chi connectivity index (χ1) is 15.5. The van der Waals surface area contributed by atoms with Crippen LogP contribution in [0.4, 0.5) is 13.2 Å². The van der Waals surface area contributed by atoms with E-state index in [-0.39, 0.29) is 11.1 Å². The number of rotatable bonds is 5. The summed E-state index contributed by atoms with van der Waals surface area (Å²) in [6, 6.07) is 11.8. The number of hydrogen-bond acceptors (Lipinski definition) is 5. The molecule has 1 aromatic carbocycles. The van der Waals surface area contributed by atoms with Crippen LogP contribution in [0.5, 0.6) is 0 Å². The molecule has 0 unspecified atom stereocenters. The zero-order valence-corrected chi connectivity index (χ0v) is 19.0. The van der Waals surface area contributed by atoms with Crippen molar-refractivity contribution in [3.8, 4) is 11.4 Å². The summed E-state index contributed by atoms with van der Waals surface area (Å²) in [5, 5.41) is 1.30. The molecule has 0 atom stereocenters. The normalized spacial score (nSPS) is 14.7. The largest absolute Gasteiger partial charge is 0.434 e. The number of aromatic nitrogens is 3. The molecule has 3 heterocycles. The fraction of sp³-hybridized carbons (Fsp3) is 0.333. The second-order valence-electron chi connectivity index (χ2n) is 9.14. The van der Waals surface area contributed by atoms with Gasteiger partial charge >= 0.3 is 6.18 Å². The van der Waals surface area contributed by atoms with Gasteiger partial charge < -0.3 is 4.57 Å². The molecule has 0 spiro atoms. The summed E-state index contributed by atoms with van der Waals surface area (Å²) in [6.07, 6.45) is 1.41. The third-order valence-corrected chi connectivity index (χ3v) is 5.61. The van der Waals surface area contributed by atoms with Crippen LogP contribution in [0.1, 0.15) is 37.5 Å². The number of benzene rings is 1. The first-order valence-corrected chi connectivity index (χ1v) is 10.7. The number of allylic oxidation sites excluding steroid dienone is 1. The molecule has 6 nitrogen and oxygen atoms in total. The monoisotopic (exact) mass is 456 g/mol. The van der Waals surface area contributed by atoms with Crippen LogP contribution in [-0.4, -0.2) is 32.8 Å². The average molecular weight is 457 g/mol. The maximum absolute atomic E-state index is 13.4. The number of nitrogens with one attached hydrogen (secondary N) is 2. The number of hydrazine groups is 2. The molecule has 0 aliphatic carbocycles. The third-order valence-electron chi connectivity index (χ3n) is 5.61. The molecule has 174 valence electrons. The van der Waals surface area contributed by atoms with Gasteiger partial charge in [-0.15, -0.1) is 5.53 Å². The van der Waals surface area contributed by atoms with Gasteiger partial charge in [-0.1, -0.05) is 45.0 Å². The SMILES string of the molecule is CN1NNC(C(F)(F)F)=C1c1ccnc(-c2cn(CCc3ccc(C(C)(C)C)cc3)cn2)c1. The molecule has 1 aliphatic rings. The topological polar surface area (TPSA) is 58.0 Å². The van der Waals surface area contributed by atoms with E-state index < -0.39 is 11.9 Å². The Labute approximate surface area is 191 Å².